The third kappa shape index (κ3) is 3.26. The molecule has 2 heterocycles. The van der Waals surface area contributed by atoms with Crippen LogP contribution in [0.4, 0.5) is 0 Å². The van der Waals surface area contributed by atoms with Crippen LogP contribution in [0.2, 0.25) is 0 Å². The Bertz CT molecular complexity index is 370. The van der Waals surface area contributed by atoms with Crippen LogP contribution in [0, 0.1) is 0 Å². The van der Waals surface area contributed by atoms with E-state index < -0.39 is 0 Å². The van der Waals surface area contributed by atoms with Crippen molar-refractivity contribution in [3.8, 4) is 0 Å². The Kier molecular flexibility index (Phi) is 4.08. The standard InChI is InChI=1S/C11H19N5O/c1-2-3-9-14-10(16-15-9)11(17)13-8-4-6-12-7-5-8/h8,12H,2-7H2,1H3,(H,13,17)(H,14,15,16). The molecule has 1 amide bonds. The number of amides is 1. The number of hydrogen-bond donors (Lipinski definition) is 3. The van der Waals surface area contributed by atoms with E-state index in [4.69, 9.17) is 0 Å². The summed E-state index contributed by atoms with van der Waals surface area (Å²) in [5, 5.41) is 13.0. The minimum atomic E-state index is -0.171. The van der Waals surface area contributed by atoms with Gasteiger partial charge in [0.25, 0.3) is 5.91 Å². The molecular weight excluding hydrogens is 218 g/mol. The van der Waals surface area contributed by atoms with Crippen molar-refractivity contribution in [2.75, 3.05) is 13.1 Å². The maximum absolute atomic E-state index is 11.9. The lowest BCUT2D eigenvalue weighted by Gasteiger charge is -2.22. The van der Waals surface area contributed by atoms with Crippen molar-refractivity contribution in [3.63, 3.8) is 0 Å². The molecule has 0 saturated carbocycles. The molecule has 2 rings (SSSR count). The van der Waals surface area contributed by atoms with Gasteiger partial charge in [-0.1, -0.05) is 6.92 Å². The number of H-pyrrole nitrogens is 1. The molecule has 1 aliphatic heterocycles. The van der Waals surface area contributed by atoms with Crippen molar-refractivity contribution in [1.82, 2.24) is 25.8 Å². The number of nitrogens with one attached hydrogen (secondary N) is 3. The largest absolute Gasteiger partial charge is 0.346 e. The van der Waals surface area contributed by atoms with E-state index in [9.17, 15) is 4.79 Å². The lowest BCUT2D eigenvalue weighted by atomic mass is 10.1. The molecule has 0 aliphatic carbocycles. The van der Waals surface area contributed by atoms with E-state index in [-0.39, 0.29) is 17.8 Å². The van der Waals surface area contributed by atoms with E-state index in [2.05, 4.69) is 32.7 Å². The second kappa shape index (κ2) is 5.77. The normalized spacial score (nSPS) is 17.0. The molecule has 3 N–H and O–H groups in total. The van der Waals surface area contributed by atoms with Gasteiger partial charge in [0.05, 0.1) is 0 Å². The van der Waals surface area contributed by atoms with Gasteiger partial charge in [-0.25, -0.2) is 4.98 Å². The van der Waals surface area contributed by atoms with Gasteiger partial charge in [0, 0.05) is 12.5 Å². The van der Waals surface area contributed by atoms with E-state index in [1.54, 1.807) is 0 Å². The Morgan fingerprint density at radius 3 is 2.94 bits per heavy atom. The molecule has 0 spiro atoms. The maximum Gasteiger partial charge on any atom is 0.291 e. The summed E-state index contributed by atoms with van der Waals surface area (Å²) in [7, 11) is 0. The van der Waals surface area contributed by atoms with Gasteiger partial charge in [-0.05, 0) is 32.4 Å². The molecule has 0 bridgehead atoms. The van der Waals surface area contributed by atoms with Crippen molar-refractivity contribution < 1.29 is 4.79 Å². The highest BCUT2D eigenvalue weighted by Gasteiger charge is 2.18. The molecule has 1 aliphatic rings. The van der Waals surface area contributed by atoms with Crippen LogP contribution in [0.5, 0.6) is 0 Å². The Morgan fingerprint density at radius 2 is 2.24 bits per heavy atom. The zero-order valence-corrected chi connectivity index (χ0v) is 10.1. The predicted molar refractivity (Wildman–Crippen MR) is 63.7 cm³/mol. The number of rotatable bonds is 4. The lowest BCUT2D eigenvalue weighted by molar-refractivity contribution is 0.0919. The fourth-order valence-corrected chi connectivity index (χ4v) is 1.96. The highest BCUT2D eigenvalue weighted by atomic mass is 16.2. The molecule has 0 atom stereocenters. The summed E-state index contributed by atoms with van der Waals surface area (Å²) in [6.45, 7) is 3.98. The molecule has 1 saturated heterocycles. The predicted octanol–water partition coefficient (Wildman–Crippen LogP) is 0.239. The molecule has 0 unspecified atom stereocenters. The van der Waals surface area contributed by atoms with Crippen LogP contribution < -0.4 is 10.6 Å². The highest BCUT2D eigenvalue weighted by Crippen LogP contribution is 2.03. The molecule has 94 valence electrons. The Morgan fingerprint density at radius 1 is 1.47 bits per heavy atom. The summed E-state index contributed by atoms with van der Waals surface area (Å²) in [6, 6.07) is 0.247. The average molecular weight is 237 g/mol. The Labute approximate surface area is 101 Å². The number of piperidine rings is 1. The van der Waals surface area contributed by atoms with Gasteiger partial charge in [-0.3, -0.25) is 9.89 Å². The van der Waals surface area contributed by atoms with Gasteiger partial charge in [-0.15, -0.1) is 5.10 Å². The van der Waals surface area contributed by atoms with Crippen LogP contribution in [-0.2, 0) is 6.42 Å². The maximum atomic E-state index is 11.9. The van der Waals surface area contributed by atoms with Gasteiger partial charge in [-0.2, -0.15) is 0 Å². The van der Waals surface area contributed by atoms with Crippen molar-refractivity contribution in [1.29, 1.82) is 0 Å². The van der Waals surface area contributed by atoms with Crippen LogP contribution in [0.3, 0.4) is 0 Å². The second-order valence-electron chi connectivity index (χ2n) is 4.35. The van der Waals surface area contributed by atoms with E-state index in [1.807, 2.05) is 0 Å². The number of aromatic amines is 1. The van der Waals surface area contributed by atoms with Crippen molar-refractivity contribution in [2.24, 2.45) is 0 Å². The fourth-order valence-electron chi connectivity index (χ4n) is 1.96. The number of carbonyl (C=O) groups is 1. The molecule has 17 heavy (non-hydrogen) atoms. The van der Waals surface area contributed by atoms with Crippen LogP contribution in [0.1, 0.15) is 42.6 Å². The summed E-state index contributed by atoms with van der Waals surface area (Å²) in [5.74, 6) is 0.866. The monoisotopic (exact) mass is 237 g/mol. The van der Waals surface area contributed by atoms with E-state index >= 15 is 0 Å². The first-order chi connectivity index (χ1) is 8.29. The molecule has 1 aromatic heterocycles. The number of hydrogen-bond acceptors (Lipinski definition) is 4. The van der Waals surface area contributed by atoms with Crippen LogP contribution in [0.25, 0.3) is 0 Å². The first kappa shape index (κ1) is 12.0. The van der Waals surface area contributed by atoms with Crippen LogP contribution >= 0.6 is 0 Å². The second-order valence-corrected chi connectivity index (χ2v) is 4.35. The lowest BCUT2D eigenvalue weighted by Crippen LogP contribution is -2.43. The van der Waals surface area contributed by atoms with Crippen LogP contribution in [0.15, 0.2) is 0 Å². The quantitative estimate of drug-likeness (QED) is 0.700. The number of aromatic nitrogens is 3. The molecule has 6 nitrogen and oxygen atoms in total. The zero-order valence-electron chi connectivity index (χ0n) is 10.1. The summed E-state index contributed by atoms with van der Waals surface area (Å²) >= 11 is 0. The molecule has 0 radical (unpaired) electrons. The van der Waals surface area contributed by atoms with Gasteiger partial charge in [0.2, 0.25) is 5.82 Å². The van der Waals surface area contributed by atoms with E-state index in [0.717, 1.165) is 44.6 Å². The topological polar surface area (TPSA) is 82.7 Å². The van der Waals surface area contributed by atoms with Gasteiger partial charge in [0.15, 0.2) is 0 Å². The summed E-state index contributed by atoms with van der Waals surface area (Å²) in [4.78, 5) is 16.0. The SMILES string of the molecule is CCCc1nc(C(=O)NC2CCNCC2)n[nH]1. The number of nitrogens with zero attached hydrogens (tertiary/aromatic N) is 2. The number of carbonyl (C=O) groups excluding carboxylic acids is 1. The molecule has 0 aromatic carbocycles. The Balaban J connectivity index is 1.89. The smallest absolute Gasteiger partial charge is 0.291 e. The summed E-state index contributed by atoms with van der Waals surface area (Å²) < 4.78 is 0. The molecule has 6 heteroatoms. The van der Waals surface area contributed by atoms with Crippen molar-refractivity contribution in [3.05, 3.63) is 11.6 Å². The first-order valence-corrected chi connectivity index (χ1v) is 6.22. The summed E-state index contributed by atoms with van der Waals surface area (Å²) in [6.07, 6.45) is 3.76. The van der Waals surface area contributed by atoms with E-state index in [0.29, 0.717) is 0 Å². The Hall–Kier alpha value is -1.43. The zero-order chi connectivity index (χ0) is 12.1. The highest BCUT2D eigenvalue weighted by molar-refractivity contribution is 5.90. The van der Waals surface area contributed by atoms with Crippen molar-refractivity contribution >= 4 is 5.91 Å². The van der Waals surface area contributed by atoms with Gasteiger partial charge in [0.1, 0.15) is 5.82 Å². The third-order valence-corrected chi connectivity index (χ3v) is 2.90. The fraction of sp³-hybridized carbons (Fsp3) is 0.727. The average Bonchev–Trinajstić information content (AvgIpc) is 2.79. The third-order valence-electron chi connectivity index (χ3n) is 2.90. The number of aryl methyl sites for hydroxylation is 1. The van der Waals surface area contributed by atoms with Gasteiger partial charge >= 0.3 is 0 Å². The minimum absolute atomic E-state index is 0.171. The molecular formula is C11H19N5O. The van der Waals surface area contributed by atoms with E-state index in [1.165, 1.54) is 0 Å². The minimum Gasteiger partial charge on any atom is -0.346 e. The van der Waals surface area contributed by atoms with Crippen LogP contribution in [-0.4, -0.2) is 40.2 Å². The molecule has 1 fully saturated rings. The summed E-state index contributed by atoms with van der Waals surface area (Å²) in [5.41, 5.74) is 0. The molecule has 1 aromatic rings. The van der Waals surface area contributed by atoms with Gasteiger partial charge < -0.3 is 10.6 Å². The first-order valence-electron chi connectivity index (χ1n) is 6.22. The van der Waals surface area contributed by atoms with Crippen molar-refractivity contribution in [2.45, 2.75) is 38.6 Å².